The lowest BCUT2D eigenvalue weighted by Crippen LogP contribution is -2.13. The molecule has 0 amide bonds. The fraction of sp³-hybridized carbons (Fsp3) is 0.105. The zero-order valence-corrected chi connectivity index (χ0v) is 13.6. The molecule has 6 nitrogen and oxygen atoms in total. The zero-order chi connectivity index (χ0) is 16.9. The monoisotopic (exact) mass is 330 g/mol. The number of aromatic amines is 1. The minimum Gasteiger partial charge on any atom is -0.308 e. The van der Waals surface area contributed by atoms with Crippen LogP contribution in [0.4, 0.5) is 0 Å². The van der Waals surface area contributed by atoms with E-state index < -0.39 is 0 Å². The molecule has 0 bridgehead atoms. The van der Waals surface area contributed by atoms with Gasteiger partial charge < -0.3 is 5.32 Å². The Balaban J connectivity index is 1.38. The first-order valence-corrected chi connectivity index (χ1v) is 8.12. The highest BCUT2D eigenvalue weighted by Crippen LogP contribution is 2.19. The van der Waals surface area contributed by atoms with Crippen LogP contribution in [0.1, 0.15) is 11.1 Å². The van der Waals surface area contributed by atoms with Gasteiger partial charge in [0.25, 0.3) is 0 Å². The summed E-state index contributed by atoms with van der Waals surface area (Å²) in [5, 5.41) is 14.9. The number of pyridine rings is 1. The normalized spacial score (nSPS) is 10.9. The second-order valence-electron chi connectivity index (χ2n) is 5.73. The number of nitrogens with one attached hydrogen (secondary N) is 2. The maximum absolute atomic E-state index is 4.24. The Morgan fingerprint density at radius 3 is 2.64 bits per heavy atom. The Kier molecular flexibility index (Phi) is 4.35. The molecule has 0 saturated carbocycles. The van der Waals surface area contributed by atoms with Gasteiger partial charge >= 0.3 is 0 Å². The smallest absolute Gasteiger partial charge is 0.0710 e. The molecule has 0 spiro atoms. The summed E-state index contributed by atoms with van der Waals surface area (Å²) in [5.41, 5.74) is 5.46. The van der Waals surface area contributed by atoms with E-state index in [1.165, 1.54) is 5.56 Å². The minimum absolute atomic E-state index is 0.738. The third kappa shape index (κ3) is 3.49. The molecule has 0 radical (unpaired) electrons. The standard InChI is InChI=1S/C19H18N6/c1-3-16(12-20-8-1)19-17(14-22-24-19)13-21-11-15-4-6-18(7-5-15)25-10-2-9-23-25/h1-10,12,14,21H,11,13H2,(H,22,24). The second-order valence-corrected chi connectivity index (χ2v) is 5.73. The van der Waals surface area contributed by atoms with Crippen molar-refractivity contribution < 1.29 is 0 Å². The highest BCUT2D eigenvalue weighted by molar-refractivity contribution is 5.61. The van der Waals surface area contributed by atoms with Gasteiger partial charge in [0, 0.05) is 49.0 Å². The van der Waals surface area contributed by atoms with E-state index in [1.54, 1.807) is 12.4 Å². The molecule has 0 aliphatic heterocycles. The molecule has 0 atom stereocenters. The van der Waals surface area contributed by atoms with Crippen molar-refractivity contribution in [1.82, 2.24) is 30.3 Å². The molecule has 3 aromatic heterocycles. The Bertz CT molecular complexity index is 910. The van der Waals surface area contributed by atoms with Crippen molar-refractivity contribution in [3.8, 4) is 16.9 Å². The van der Waals surface area contributed by atoms with Gasteiger partial charge in [0.1, 0.15) is 0 Å². The van der Waals surface area contributed by atoms with Gasteiger partial charge in [-0.25, -0.2) is 4.68 Å². The largest absolute Gasteiger partial charge is 0.308 e. The molecule has 1 aromatic carbocycles. The Morgan fingerprint density at radius 2 is 1.88 bits per heavy atom. The Hall–Kier alpha value is -3.25. The number of hydrogen-bond acceptors (Lipinski definition) is 4. The van der Waals surface area contributed by atoms with E-state index in [1.807, 2.05) is 41.5 Å². The molecular formula is C19H18N6. The lowest BCUT2D eigenvalue weighted by Gasteiger charge is -2.07. The average molecular weight is 330 g/mol. The van der Waals surface area contributed by atoms with Crippen LogP contribution in [0.2, 0.25) is 0 Å². The molecule has 0 fully saturated rings. The fourth-order valence-electron chi connectivity index (χ4n) is 2.74. The van der Waals surface area contributed by atoms with E-state index in [9.17, 15) is 0 Å². The van der Waals surface area contributed by atoms with Crippen LogP contribution in [0.5, 0.6) is 0 Å². The topological polar surface area (TPSA) is 71.4 Å². The van der Waals surface area contributed by atoms with E-state index >= 15 is 0 Å². The van der Waals surface area contributed by atoms with Crippen molar-refractivity contribution in [3.05, 3.63) is 84.6 Å². The quantitative estimate of drug-likeness (QED) is 0.570. The average Bonchev–Trinajstić information content (AvgIpc) is 3.35. The van der Waals surface area contributed by atoms with Gasteiger partial charge in [0.05, 0.1) is 17.6 Å². The van der Waals surface area contributed by atoms with Gasteiger partial charge in [0.2, 0.25) is 0 Å². The molecule has 124 valence electrons. The summed E-state index contributed by atoms with van der Waals surface area (Å²) < 4.78 is 1.85. The van der Waals surface area contributed by atoms with Crippen LogP contribution in [0, 0.1) is 0 Å². The number of aromatic nitrogens is 5. The molecule has 0 saturated heterocycles. The lowest BCUT2D eigenvalue weighted by atomic mass is 10.1. The summed E-state index contributed by atoms with van der Waals surface area (Å²) in [6, 6.07) is 14.2. The second kappa shape index (κ2) is 7.11. The van der Waals surface area contributed by atoms with Gasteiger partial charge in [0.15, 0.2) is 0 Å². The zero-order valence-electron chi connectivity index (χ0n) is 13.6. The summed E-state index contributed by atoms with van der Waals surface area (Å²) in [6.45, 7) is 1.53. The van der Waals surface area contributed by atoms with Gasteiger partial charge in [-0.15, -0.1) is 0 Å². The minimum atomic E-state index is 0.738. The highest BCUT2D eigenvalue weighted by Gasteiger charge is 2.07. The van der Waals surface area contributed by atoms with E-state index in [2.05, 4.69) is 49.9 Å². The Labute approximate surface area is 145 Å². The molecular weight excluding hydrogens is 312 g/mol. The number of benzene rings is 1. The van der Waals surface area contributed by atoms with Crippen molar-refractivity contribution in [1.29, 1.82) is 0 Å². The molecule has 3 heterocycles. The predicted molar refractivity (Wildman–Crippen MR) is 95.9 cm³/mol. The van der Waals surface area contributed by atoms with Crippen LogP contribution < -0.4 is 5.32 Å². The van der Waals surface area contributed by atoms with Crippen LogP contribution in [-0.4, -0.2) is 25.0 Å². The third-order valence-corrected chi connectivity index (χ3v) is 4.02. The van der Waals surface area contributed by atoms with Crippen LogP contribution in [0.15, 0.2) is 73.4 Å². The molecule has 25 heavy (non-hydrogen) atoms. The first-order valence-electron chi connectivity index (χ1n) is 8.12. The Morgan fingerprint density at radius 1 is 0.960 bits per heavy atom. The first-order chi connectivity index (χ1) is 12.4. The molecule has 2 N–H and O–H groups in total. The van der Waals surface area contributed by atoms with Gasteiger partial charge in [-0.05, 0) is 35.9 Å². The van der Waals surface area contributed by atoms with Crippen LogP contribution in [0.3, 0.4) is 0 Å². The van der Waals surface area contributed by atoms with Gasteiger partial charge in [-0.1, -0.05) is 12.1 Å². The summed E-state index contributed by atoms with van der Waals surface area (Å²) in [7, 11) is 0. The highest BCUT2D eigenvalue weighted by atomic mass is 15.3. The summed E-state index contributed by atoms with van der Waals surface area (Å²) in [5.74, 6) is 0. The van der Waals surface area contributed by atoms with Crippen molar-refractivity contribution in [3.63, 3.8) is 0 Å². The van der Waals surface area contributed by atoms with Gasteiger partial charge in [-0.3, -0.25) is 10.1 Å². The van der Waals surface area contributed by atoms with Crippen LogP contribution in [0.25, 0.3) is 16.9 Å². The molecule has 0 aliphatic carbocycles. The molecule has 4 aromatic rings. The summed E-state index contributed by atoms with van der Waals surface area (Å²) in [4.78, 5) is 4.16. The van der Waals surface area contributed by atoms with Crippen molar-refractivity contribution in [2.45, 2.75) is 13.1 Å². The molecule has 0 unspecified atom stereocenters. The third-order valence-electron chi connectivity index (χ3n) is 4.02. The van der Waals surface area contributed by atoms with Gasteiger partial charge in [-0.2, -0.15) is 10.2 Å². The summed E-state index contributed by atoms with van der Waals surface area (Å²) >= 11 is 0. The van der Waals surface area contributed by atoms with E-state index in [4.69, 9.17) is 0 Å². The van der Waals surface area contributed by atoms with E-state index in [0.29, 0.717) is 0 Å². The first kappa shape index (κ1) is 15.3. The number of hydrogen-bond donors (Lipinski definition) is 2. The maximum atomic E-state index is 4.24. The van der Waals surface area contributed by atoms with Crippen LogP contribution >= 0.6 is 0 Å². The molecule has 4 rings (SSSR count). The number of nitrogens with zero attached hydrogens (tertiary/aromatic N) is 4. The summed E-state index contributed by atoms with van der Waals surface area (Å²) in [6.07, 6.45) is 9.18. The van der Waals surface area contributed by atoms with Crippen molar-refractivity contribution in [2.75, 3.05) is 0 Å². The number of H-pyrrole nitrogens is 1. The SMILES string of the molecule is c1cncc(-c2[nH]ncc2CNCc2ccc(-n3cccn3)cc2)c1. The van der Waals surface area contributed by atoms with Crippen molar-refractivity contribution >= 4 is 0 Å². The van der Waals surface area contributed by atoms with Crippen LogP contribution in [-0.2, 0) is 13.1 Å². The molecule has 0 aliphatic rings. The van der Waals surface area contributed by atoms with E-state index in [0.717, 1.165) is 35.6 Å². The fourth-order valence-corrected chi connectivity index (χ4v) is 2.74. The number of rotatable bonds is 6. The van der Waals surface area contributed by atoms with E-state index in [-0.39, 0.29) is 0 Å². The maximum Gasteiger partial charge on any atom is 0.0710 e. The molecule has 6 heteroatoms. The van der Waals surface area contributed by atoms with Crippen molar-refractivity contribution in [2.24, 2.45) is 0 Å². The predicted octanol–water partition coefficient (Wildman–Crippen LogP) is 2.95. The lowest BCUT2D eigenvalue weighted by molar-refractivity contribution is 0.694.